The lowest BCUT2D eigenvalue weighted by Gasteiger charge is -2.35. The van der Waals surface area contributed by atoms with Crippen molar-refractivity contribution in [2.75, 3.05) is 38.1 Å². The molecule has 166 valence electrons. The lowest BCUT2D eigenvalue weighted by atomic mass is 10.0. The summed E-state index contributed by atoms with van der Waals surface area (Å²) < 4.78 is 6.08. The van der Waals surface area contributed by atoms with Gasteiger partial charge in [0, 0.05) is 45.2 Å². The molecule has 1 amide bonds. The molecule has 1 N–H and O–H groups in total. The van der Waals surface area contributed by atoms with Crippen molar-refractivity contribution >= 4 is 41.5 Å². The summed E-state index contributed by atoms with van der Waals surface area (Å²) in [5.74, 6) is 1.79. The molecule has 0 spiro atoms. The monoisotopic (exact) mass is 534 g/mol. The van der Waals surface area contributed by atoms with Crippen LogP contribution in [0.5, 0.6) is 5.75 Å². The number of rotatable bonds is 4. The molecule has 0 bridgehead atoms. The van der Waals surface area contributed by atoms with Crippen LogP contribution in [0.15, 0.2) is 59.6 Å². The molecule has 2 aliphatic rings. The van der Waals surface area contributed by atoms with Gasteiger partial charge in [-0.3, -0.25) is 9.79 Å². The Bertz CT molecular complexity index is 882. The van der Waals surface area contributed by atoms with Crippen LogP contribution < -0.4 is 15.0 Å². The predicted octanol–water partition coefficient (Wildman–Crippen LogP) is 3.70. The highest BCUT2D eigenvalue weighted by Crippen LogP contribution is 2.26. The molecule has 7 heteroatoms. The van der Waals surface area contributed by atoms with E-state index in [1.165, 1.54) is 5.56 Å². The highest BCUT2D eigenvalue weighted by Gasteiger charge is 2.25. The Morgan fingerprint density at radius 3 is 2.52 bits per heavy atom. The Morgan fingerprint density at radius 1 is 1.06 bits per heavy atom. The van der Waals surface area contributed by atoms with Crippen LogP contribution in [0.4, 0.5) is 5.69 Å². The fourth-order valence-electron chi connectivity index (χ4n) is 4.25. The number of aryl methyl sites for hydroxylation is 1. The molecular formula is C24H31IN4O2. The number of halogens is 1. The summed E-state index contributed by atoms with van der Waals surface area (Å²) in [5, 5.41) is 3.28. The minimum absolute atomic E-state index is 0. The molecule has 0 aliphatic carbocycles. The number of carbonyl (C=O) groups is 1. The first-order valence-electron chi connectivity index (χ1n) is 10.8. The molecule has 4 rings (SSSR count). The number of nitrogens with one attached hydrogen (secondary N) is 1. The summed E-state index contributed by atoms with van der Waals surface area (Å²) in [4.78, 5) is 21.4. The van der Waals surface area contributed by atoms with E-state index in [-0.39, 0.29) is 42.5 Å². The first kappa shape index (κ1) is 23.4. The average Bonchev–Trinajstić information content (AvgIpc) is 2.80. The maximum Gasteiger partial charge on any atom is 0.246 e. The van der Waals surface area contributed by atoms with Crippen LogP contribution >= 0.6 is 24.0 Å². The number of likely N-dealkylation sites (tertiary alicyclic amines) is 1. The van der Waals surface area contributed by atoms with Crippen molar-refractivity contribution in [3.63, 3.8) is 0 Å². The smallest absolute Gasteiger partial charge is 0.246 e. The van der Waals surface area contributed by atoms with Gasteiger partial charge in [0.2, 0.25) is 5.91 Å². The summed E-state index contributed by atoms with van der Waals surface area (Å²) in [6, 6.07) is 18.2. The van der Waals surface area contributed by atoms with Gasteiger partial charge in [-0.15, -0.1) is 24.0 Å². The summed E-state index contributed by atoms with van der Waals surface area (Å²) >= 11 is 0. The Labute approximate surface area is 201 Å². The number of benzene rings is 2. The molecule has 2 heterocycles. The highest BCUT2D eigenvalue weighted by molar-refractivity contribution is 14.0. The van der Waals surface area contributed by atoms with E-state index < -0.39 is 0 Å². The van der Waals surface area contributed by atoms with Gasteiger partial charge in [-0.2, -0.15) is 0 Å². The number of aliphatic imine (C=N–C) groups is 1. The Kier molecular flexibility index (Phi) is 8.57. The standard InChI is InChI=1S/C24H30N4O2.HI/c1-25-24(27-16-13-21(14-17-27)30-20-10-3-2-4-11-20)26-18-23(29)28-15-7-9-19-8-5-6-12-22(19)28;/h2-6,8,10-12,21H,7,9,13-18H2,1H3,(H,25,26);1H. The van der Waals surface area contributed by atoms with Gasteiger partial charge < -0.3 is 19.9 Å². The molecule has 31 heavy (non-hydrogen) atoms. The van der Waals surface area contributed by atoms with E-state index in [4.69, 9.17) is 4.74 Å². The second-order valence-electron chi connectivity index (χ2n) is 7.80. The number of nitrogens with zero attached hydrogens (tertiary/aromatic N) is 3. The third-order valence-corrected chi connectivity index (χ3v) is 5.81. The van der Waals surface area contributed by atoms with E-state index in [1.54, 1.807) is 7.05 Å². The quantitative estimate of drug-likeness (QED) is 0.370. The Morgan fingerprint density at radius 2 is 1.77 bits per heavy atom. The van der Waals surface area contributed by atoms with Crippen LogP contribution in [0, 0.1) is 0 Å². The van der Waals surface area contributed by atoms with Crippen molar-refractivity contribution in [2.45, 2.75) is 31.8 Å². The number of anilines is 1. The summed E-state index contributed by atoms with van der Waals surface area (Å²) in [5.41, 5.74) is 2.30. The summed E-state index contributed by atoms with van der Waals surface area (Å²) in [6.07, 6.45) is 4.13. The van der Waals surface area contributed by atoms with Crippen LogP contribution in [-0.4, -0.2) is 56.1 Å². The zero-order chi connectivity index (χ0) is 20.8. The van der Waals surface area contributed by atoms with Gasteiger partial charge in [0.25, 0.3) is 0 Å². The summed E-state index contributed by atoms with van der Waals surface area (Å²) in [7, 11) is 1.77. The van der Waals surface area contributed by atoms with E-state index >= 15 is 0 Å². The molecular weight excluding hydrogens is 503 g/mol. The van der Waals surface area contributed by atoms with Gasteiger partial charge >= 0.3 is 0 Å². The lowest BCUT2D eigenvalue weighted by molar-refractivity contribution is -0.117. The molecule has 1 saturated heterocycles. The van der Waals surface area contributed by atoms with Gasteiger partial charge in [-0.25, -0.2) is 0 Å². The van der Waals surface area contributed by atoms with Crippen molar-refractivity contribution < 1.29 is 9.53 Å². The summed E-state index contributed by atoms with van der Waals surface area (Å²) in [6.45, 7) is 2.75. The number of amides is 1. The van der Waals surface area contributed by atoms with E-state index in [9.17, 15) is 4.79 Å². The lowest BCUT2D eigenvalue weighted by Crippen LogP contribution is -2.50. The van der Waals surface area contributed by atoms with Crippen LogP contribution in [0.3, 0.4) is 0 Å². The van der Waals surface area contributed by atoms with Crippen molar-refractivity contribution in [1.29, 1.82) is 0 Å². The molecule has 2 aromatic carbocycles. The third-order valence-electron chi connectivity index (χ3n) is 5.81. The SMILES string of the molecule is CN=C(NCC(=O)N1CCCc2ccccc21)N1CCC(Oc2ccccc2)CC1.I. The third kappa shape index (κ3) is 5.90. The molecule has 1 fully saturated rings. The maximum atomic E-state index is 12.9. The molecule has 2 aliphatic heterocycles. The number of hydrogen-bond acceptors (Lipinski definition) is 3. The fourth-order valence-corrected chi connectivity index (χ4v) is 4.25. The van der Waals surface area contributed by atoms with Gasteiger partial charge in [0.15, 0.2) is 5.96 Å². The van der Waals surface area contributed by atoms with E-state index in [0.29, 0.717) is 0 Å². The second kappa shape index (κ2) is 11.4. The minimum atomic E-state index is 0. The topological polar surface area (TPSA) is 57.2 Å². The molecule has 0 atom stereocenters. The zero-order valence-electron chi connectivity index (χ0n) is 18.0. The van der Waals surface area contributed by atoms with Gasteiger partial charge in [0.05, 0.1) is 6.54 Å². The van der Waals surface area contributed by atoms with Crippen LogP contribution in [-0.2, 0) is 11.2 Å². The van der Waals surface area contributed by atoms with Crippen molar-refractivity contribution in [3.05, 3.63) is 60.2 Å². The largest absolute Gasteiger partial charge is 0.490 e. The van der Waals surface area contributed by atoms with Crippen molar-refractivity contribution in [2.24, 2.45) is 4.99 Å². The average molecular weight is 534 g/mol. The molecule has 0 aromatic heterocycles. The van der Waals surface area contributed by atoms with E-state index in [1.807, 2.05) is 53.4 Å². The van der Waals surface area contributed by atoms with Crippen LogP contribution in [0.2, 0.25) is 0 Å². The van der Waals surface area contributed by atoms with Gasteiger partial charge in [-0.05, 0) is 36.6 Å². The van der Waals surface area contributed by atoms with Gasteiger partial charge in [0.1, 0.15) is 11.9 Å². The number of hydrogen-bond donors (Lipinski definition) is 1. The van der Waals surface area contributed by atoms with Crippen LogP contribution in [0.25, 0.3) is 0 Å². The second-order valence-corrected chi connectivity index (χ2v) is 7.80. The first-order valence-corrected chi connectivity index (χ1v) is 10.8. The zero-order valence-corrected chi connectivity index (χ0v) is 20.3. The number of para-hydroxylation sites is 2. The van der Waals surface area contributed by atoms with Crippen molar-refractivity contribution in [3.8, 4) is 5.75 Å². The molecule has 6 nitrogen and oxygen atoms in total. The molecule has 0 saturated carbocycles. The molecule has 2 aromatic rings. The van der Waals surface area contributed by atoms with Gasteiger partial charge in [-0.1, -0.05) is 36.4 Å². The number of carbonyl (C=O) groups excluding carboxylic acids is 1. The van der Waals surface area contributed by atoms with E-state index in [0.717, 1.165) is 62.7 Å². The molecule has 0 unspecified atom stereocenters. The van der Waals surface area contributed by atoms with E-state index in [2.05, 4.69) is 21.3 Å². The maximum absolute atomic E-state index is 12.9. The number of guanidine groups is 1. The Hall–Kier alpha value is -2.29. The normalized spacial score (nSPS) is 16.9. The first-order chi connectivity index (χ1) is 14.7. The van der Waals surface area contributed by atoms with Crippen molar-refractivity contribution in [1.82, 2.24) is 10.2 Å². The highest BCUT2D eigenvalue weighted by atomic mass is 127. The fraction of sp³-hybridized carbons (Fsp3) is 0.417. The predicted molar refractivity (Wildman–Crippen MR) is 136 cm³/mol. The van der Waals surface area contributed by atoms with Crippen LogP contribution in [0.1, 0.15) is 24.8 Å². The number of fused-ring (bicyclic) bond motifs is 1. The number of piperidine rings is 1. The minimum Gasteiger partial charge on any atom is -0.490 e. The molecule has 0 radical (unpaired) electrons. The Balaban J connectivity index is 0.00000272. The number of ether oxygens (including phenoxy) is 1.